The summed E-state index contributed by atoms with van der Waals surface area (Å²) in [5.74, 6) is 0.258. The Kier molecular flexibility index (Phi) is 5.89. The molecule has 0 N–H and O–H groups in total. The number of pyridine rings is 1. The van der Waals surface area contributed by atoms with E-state index in [4.69, 9.17) is 0 Å². The van der Waals surface area contributed by atoms with Gasteiger partial charge < -0.3 is 0 Å². The molecule has 44 heavy (non-hydrogen) atoms. The zero-order chi connectivity index (χ0) is 29.0. The average Bonchev–Trinajstić information content (AvgIpc) is 3.42. The van der Waals surface area contributed by atoms with E-state index < -0.39 is 0 Å². The molecule has 0 amide bonds. The van der Waals surface area contributed by atoms with Gasteiger partial charge in [0.2, 0.25) is 0 Å². The Labute approximate surface area is 260 Å². The predicted molar refractivity (Wildman–Crippen MR) is 186 cm³/mol. The van der Waals surface area contributed by atoms with Crippen molar-refractivity contribution < 1.29 is 0 Å². The van der Waals surface area contributed by atoms with Crippen LogP contribution in [0.3, 0.4) is 0 Å². The van der Waals surface area contributed by atoms with Gasteiger partial charge in [-0.3, -0.25) is 4.98 Å². The van der Waals surface area contributed by atoms with Gasteiger partial charge in [0.25, 0.3) is 0 Å². The second-order valence-electron chi connectivity index (χ2n) is 11.5. The maximum atomic E-state index is 4.63. The summed E-state index contributed by atoms with van der Waals surface area (Å²) in [7, 11) is 0. The SMILES string of the molecule is c1ccc(C2c3ccccc3-c3cc(Sc4c5ccccc5c(-c5cccc6ccccc56)c5cnccc45)ccc32)cc1. The lowest BCUT2D eigenvalue weighted by molar-refractivity contribution is 1.01. The van der Waals surface area contributed by atoms with Gasteiger partial charge in [-0.05, 0) is 84.1 Å². The third-order valence-electron chi connectivity index (χ3n) is 9.09. The minimum absolute atomic E-state index is 0.258. The Hall–Kier alpha value is -5.18. The fourth-order valence-electron chi connectivity index (χ4n) is 7.19. The van der Waals surface area contributed by atoms with Crippen LogP contribution in [0, 0.1) is 0 Å². The van der Waals surface area contributed by atoms with E-state index in [1.54, 1.807) is 0 Å². The first-order valence-corrected chi connectivity index (χ1v) is 15.9. The number of aromatic nitrogens is 1. The molecule has 1 nitrogen and oxygen atoms in total. The highest BCUT2D eigenvalue weighted by atomic mass is 32.2. The zero-order valence-corrected chi connectivity index (χ0v) is 24.8. The molecule has 7 aromatic carbocycles. The maximum Gasteiger partial charge on any atom is 0.0353 e. The van der Waals surface area contributed by atoms with Crippen LogP contribution in [0.1, 0.15) is 22.6 Å². The van der Waals surface area contributed by atoms with Crippen molar-refractivity contribution in [2.45, 2.75) is 15.7 Å². The van der Waals surface area contributed by atoms with Crippen molar-refractivity contribution in [1.29, 1.82) is 0 Å². The summed E-state index contributed by atoms with van der Waals surface area (Å²) in [6, 6.07) is 53.2. The molecule has 1 aliphatic carbocycles. The lowest BCUT2D eigenvalue weighted by Crippen LogP contribution is -1.98. The Bertz CT molecular complexity index is 2310. The summed E-state index contributed by atoms with van der Waals surface area (Å²) in [6.07, 6.45) is 3.98. The van der Waals surface area contributed by atoms with Gasteiger partial charge in [0.05, 0.1) is 0 Å². The second kappa shape index (κ2) is 10.2. The standard InChI is InChI=1S/C42H27NS/c1-2-12-28(13-3-1)40-33-17-7-6-16-31(33)38-25-29(21-22-35(38)40)44-42-36-19-9-8-18-34(36)41(39-26-43-24-23-37(39)42)32-20-10-14-27-11-4-5-15-30(27)32/h1-26,40H. The van der Waals surface area contributed by atoms with Crippen LogP contribution in [-0.4, -0.2) is 4.98 Å². The summed E-state index contributed by atoms with van der Waals surface area (Å²) in [5, 5.41) is 7.44. The van der Waals surface area contributed by atoms with Crippen molar-refractivity contribution in [3.05, 3.63) is 175 Å². The Morgan fingerprint density at radius 2 is 1.16 bits per heavy atom. The molecule has 0 radical (unpaired) electrons. The number of rotatable bonds is 4. The minimum Gasteiger partial charge on any atom is -0.264 e. The van der Waals surface area contributed by atoms with E-state index in [9.17, 15) is 0 Å². The summed E-state index contributed by atoms with van der Waals surface area (Å²) in [4.78, 5) is 7.15. The fraction of sp³-hybridized carbons (Fsp3) is 0.0238. The van der Waals surface area contributed by atoms with E-state index in [2.05, 4.69) is 151 Å². The number of fused-ring (bicyclic) bond motifs is 6. The molecule has 0 fully saturated rings. The molecule has 1 atom stereocenters. The van der Waals surface area contributed by atoms with Gasteiger partial charge in [-0.1, -0.05) is 139 Å². The van der Waals surface area contributed by atoms with Crippen LogP contribution in [0.15, 0.2) is 168 Å². The molecule has 2 heteroatoms. The molecule has 0 saturated carbocycles. The van der Waals surface area contributed by atoms with Crippen molar-refractivity contribution in [3.8, 4) is 22.3 Å². The van der Waals surface area contributed by atoms with Crippen molar-refractivity contribution in [2.75, 3.05) is 0 Å². The van der Waals surface area contributed by atoms with Crippen LogP contribution in [-0.2, 0) is 0 Å². The number of hydrogen-bond acceptors (Lipinski definition) is 2. The highest BCUT2D eigenvalue weighted by Gasteiger charge is 2.30. The highest BCUT2D eigenvalue weighted by molar-refractivity contribution is 7.99. The van der Waals surface area contributed by atoms with Gasteiger partial charge in [0, 0.05) is 33.5 Å². The first-order valence-electron chi connectivity index (χ1n) is 15.1. The van der Waals surface area contributed by atoms with Gasteiger partial charge in [0.15, 0.2) is 0 Å². The Morgan fingerprint density at radius 3 is 2.07 bits per heavy atom. The molecule has 206 valence electrons. The van der Waals surface area contributed by atoms with Crippen LogP contribution >= 0.6 is 11.8 Å². The first-order chi connectivity index (χ1) is 21.8. The highest BCUT2D eigenvalue weighted by Crippen LogP contribution is 2.51. The molecule has 1 heterocycles. The third kappa shape index (κ3) is 3.92. The molecule has 8 aromatic rings. The average molecular weight is 578 g/mol. The lowest BCUT2D eigenvalue weighted by Gasteiger charge is -2.18. The lowest BCUT2D eigenvalue weighted by atomic mass is 9.89. The predicted octanol–water partition coefficient (Wildman–Crippen LogP) is 11.5. The van der Waals surface area contributed by atoms with Gasteiger partial charge in [-0.25, -0.2) is 0 Å². The van der Waals surface area contributed by atoms with Crippen LogP contribution in [0.25, 0.3) is 54.6 Å². The van der Waals surface area contributed by atoms with E-state index >= 15 is 0 Å². The van der Waals surface area contributed by atoms with E-state index in [0.29, 0.717) is 0 Å². The maximum absolute atomic E-state index is 4.63. The molecule has 1 aliphatic rings. The Morgan fingerprint density at radius 1 is 0.477 bits per heavy atom. The third-order valence-corrected chi connectivity index (χ3v) is 10.2. The minimum atomic E-state index is 0.258. The number of hydrogen-bond donors (Lipinski definition) is 0. The summed E-state index contributed by atoms with van der Waals surface area (Å²) >= 11 is 1.86. The monoisotopic (exact) mass is 577 g/mol. The largest absolute Gasteiger partial charge is 0.264 e. The van der Waals surface area contributed by atoms with E-state index in [1.165, 1.54) is 81.1 Å². The molecular weight excluding hydrogens is 551 g/mol. The Balaban J connectivity index is 1.24. The summed E-state index contributed by atoms with van der Waals surface area (Å²) < 4.78 is 0. The quantitative estimate of drug-likeness (QED) is 0.193. The summed E-state index contributed by atoms with van der Waals surface area (Å²) in [5.41, 5.74) is 9.27. The second-order valence-corrected chi connectivity index (χ2v) is 12.6. The number of nitrogens with zero attached hydrogens (tertiary/aromatic N) is 1. The van der Waals surface area contributed by atoms with Gasteiger partial charge in [-0.15, -0.1) is 0 Å². The van der Waals surface area contributed by atoms with Gasteiger partial charge in [-0.2, -0.15) is 0 Å². The van der Waals surface area contributed by atoms with Gasteiger partial charge >= 0.3 is 0 Å². The molecule has 9 rings (SSSR count). The normalized spacial score (nSPS) is 13.8. The molecule has 0 aliphatic heterocycles. The molecule has 1 aromatic heterocycles. The van der Waals surface area contributed by atoms with Crippen LogP contribution in [0.2, 0.25) is 0 Å². The smallest absolute Gasteiger partial charge is 0.0353 e. The van der Waals surface area contributed by atoms with Crippen LogP contribution in [0.5, 0.6) is 0 Å². The number of benzene rings is 7. The van der Waals surface area contributed by atoms with Crippen molar-refractivity contribution in [3.63, 3.8) is 0 Å². The van der Waals surface area contributed by atoms with E-state index in [1.807, 2.05) is 24.2 Å². The van der Waals surface area contributed by atoms with E-state index in [0.717, 1.165) is 0 Å². The fourth-order valence-corrected chi connectivity index (χ4v) is 8.32. The van der Waals surface area contributed by atoms with E-state index in [-0.39, 0.29) is 5.92 Å². The van der Waals surface area contributed by atoms with Gasteiger partial charge in [0.1, 0.15) is 0 Å². The van der Waals surface area contributed by atoms with Crippen LogP contribution < -0.4 is 0 Å². The first kappa shape index (κ1) is 25.3. The molecule has 0 spiro atoms. The zero-order valence-electron chi connectivity index (χ0n) is 23.9. The topological polar surface area (TPSA) is 12.9 Å². The van der Waals surface area contributed by atoms with Crippen molar-refractivity contribution in [2.24, 2.45) is 0 Å². The van der Waals surface area contributed by atoms with Crippen molar-refractivity contribution >= 4 is 44.1 Å². The molecular formula is C42H27NS. The van der Waals surface area contributed by atoms with Crippen LogP contribution in [0.4, 0.5) is 0 Å². The molecule has 0 saturated heterocycles. The summed E-state index contributed by atoms with van der Waals surface area (Å²) in [6.45, 7) is 0. The molecule has 0 bridgehead atoms. The van der Waals surface area contributed by atoms with Crippen molar-refractivity contribution in [1.82, 2.24) is 4.98 Å². The molecule has 1 unspecified atom stereocenters.